The number of hydrogen-bond donors (Lipinski definition) is 1. The minimum Gasteiger partial charge on any atom is -0.379 e. The van der Waals surface area contributed by atoms with Gasteiger partial charge in [-0.1, -0.05) is 26.7 Å². The van der Waals surface area contributed by atoms with E-state index in [4.69, 9.17) is 10.5 Å². The highest BCUT2D eigenvalue weighted by Crippen LogP contribution is 2.08. The van der Waals surface area contributed by atoms with E-state index < -0.39 is 0 Å². The maximum atomic E-state index is 5.70. The Kier molecular flexibility index (Phi) is 9.42. The highest BCUT2D eigenvalue weighted by atomic mass is 16.5. The lowest BCUT2D eigenvalue weighted by atomic mass is 10.1. The molecule has 0 aliphatic carbocycles. The van der Waals surface area contributed by atoms with Crippen molar-refractivity contribution in [3.8, 4) is 0 Å². The van der Waals surface area contributed by atoms with Crippen LogP contribution in [-0.4, -0.2) is 19.3 Å². The van der Waals surface area contributed by atoms with Crippen LogP contribution in [0.2, 0.25) is 0 Å². The third-order valence-electron chi connectivity index (χ3n) is 2.41. The van der Waals surface area contributed by atoms with Crippen LogP contribution >= 0.6 is 0 Å². The second-order valence-corrected chi connectivity index (χ2v) is 4.50. The predicted molar refractivity (Wildman–Crippen MR) is 62.4 cm³/mol. The summed E-state index contributed by atoms with van der Waals surface area (Å²) in [5.74, 6) is 0.749. The van der Waals surface area contributed by atoms with E-state index in [1.807, 2.05) is 0 Å². The summed E-state index contributed by atoms with van der Waals surface area (Å²) >= 11 is 0. The number of unbranched alkanes of at least 4 members (excludes halogenated alkanes) is 2. The van der Waals surface area contributed by atoms with Crippen molar-refractivity contribution in [3.05, 3.63) is 0 Å². The molecule has 14 heavy (non-hydrogen) atoms. The van der Waals surface area contributed by atoms with Gasteiger partial charge in [0.15, 0.2) is 0 Å². The lowest BCUT2D eigenvalue weighted by Crippen LogP contribution is -2.10. The van der Waals surface area contributed by atoms with Crippen LogP contribution in [0.3, 0.4) is 0 Å². The zero-order valence-electron chi connectivity index (χ0n) is 10.1. The van der Waals surface area contributed by atoms with Gasteiger partial charge in [0.1, 0.15) is 0 Å². The first kappa shape index (κ1) is 13.9. The molecule has 0 aromatic carbocycles. The molecule has 0 saturated carbocycles. The molecule has 0 rings (SSSR count). The summed E-state index contributed by atoms with van der Waals surface area (Å²) in [6, 6.07) is 0. The first-order chi connectivity index (χ1) is 6.66. The van der Waals surface area contributed by atoms with E-state index in [1.165, 1.54) is 25.7 Å². The quantitative estimate of drug-likeness (QED) is 0.582. The maximum absolute atomic E-state index is 5.70. The molecule has 0 radical (unpaired) electrons. The van der Waals surface area contributed by atoms with Crippen LogP contribution in [0.1, 0.15) is 52.9 Å². The third kappa shape index (κ3) is 10.0. The minimum absolute atomic E-state index is 0.423. The van der Waals surface area contributed by atoms with Crippen molar-refractivity contribution in [1.82, 2.24) is 0 Å². The van der Waals surface area contributed by atoms with Gasteiger partial charge in [-0.05, 0) is 38.6 Å². The molecule has 2 heteroatoms. The van der Waals surface area contributed by atoms with E-state index in [0.717, 1.165) is 25.5 Å². The lowest BCUT2D eigenvalue weighted by molar-refractivity contribution is 0.0517. The normalized spacial score (nSPS) is 13.5. The van der Waals surface area contributed by atoms with E-state index in [2.05, 4.69) is 20.8 Å². The van der Waals surface area contributed by atoms with Crippen molar-refractivity contribution in [2.24, 2.45) is 11.7 Å². The molecule has 0 fully saturated rings. The van der Waals surface area contributed by atoms with Gasteiger partial charge in [-0.3, -0.25) is 0 Å². The van der Waals surface area contributed by atoms with Crippen molar-refractivity contribution < 1.29 is 4.74 Å². The fourth-order valence-electron chi connectivity index (χ4n) is 1.34. The Bertz CT molecular complexity index is 115. The summed E-state index contributed by atoms with van der Waals surface area (Å²) in [7, 11) is 0. The van der Waals surface area contributed by atoms with E-state index in [9.17, 15) is 0 Å². The van der Waals surface area contributed by atoms with E-state index in [1.54, 1.807) is 0 Å². The van der Waals surface area contributed by atoms with Crippen LogP contribution in [0.5, 0.6) is 0 Å². The Balaban J connectivity index is 3.15. The standard InChI is InChI=1S/C12H27NO/c1-11(2)8-10-14-12(3)7-5-4-6-9-13/h11-12H,4-10,13H2,1-3H3. The van der Waals surface area contributed by atoms with E-state index in [-0.39, 0.29) is 0 Å². The van der Waals surface area contributed by atoms with Gasteiger partial charge in [0.05, 0.1) is 6.10 Å². The fourth-order valence-corrected chi connectivity index (χ4v) is 1.34. The summed E-state index contributed by atoms with van der Waals surface area (Å²) in [6.07, 6.45) is 6.42. The van der Waals surface area contributed by atoms with Crippen LogP contribution in [0.4, 0.5) is 0 Å². The maximum Gasteiger partial charge on any atom is 0.0547 e. The third-order valence-corrected chi connectivity index (χ3v) is 2.41. The molecule has 86 valence electrons. The molecule has 2 nitrogen and oxygen atoms in total. The average Bonchev–Trinajstić information content (AvgIpc) is 2.12. The summed E-state index contributed by atoms with van der Waals surface area (Å²) < 4.78 is 5.70. The van der Waals surface area contributed by atoms with Gasteiger partial charge in [-0.25, -0.2) is 0 Å². The molecular weight excluding hydrogens is 174 g/mol. The molecule has 0 aliphatic heterocycles. The SMILES string of the molecule is CC(C)CCOC(C)CCCCCN. The summed E-state index contributed by atoms with van der Waals surface area (Å²) in [6.45, 7) is 8.37. The van der Waals surface area contributed by atoms with Gasteiger partial charge in [0.25, 0.3) is 0 Å². The van der Waals surface area contributed by atoms with Crippen LogP contribution < -0.4 is 5.73 Å². The molecule has 0 heterocycles. The van der Waals surface area contributed by atoms with Crippen LogP contribution in [0.25, 0.3) is 0 Å². The minimum atomic E-state index is 0.423. The highest BCUT2D eigenvalue weighted by Gasteiger charge is 2.02. The fraction of sp³-hybridized carbons (Fsp3) is 1.00. The van der Waals surface area contributed by atoms with E-state index >= 15 is 0 Å². The van der Waals surface area contributed by atoms with Gasteiger partial charge in [0, 0.05) is 6.61 Å². The van der Waals surface area contributed by atoms with Crippen LogP contribution in [0.15, 0.2) is 0 Å². The molecule has 0 aromatic heterocycles. The molecule has 2 N–H and O–H groups in total. The molecule has 1 atom stereocenters. The second kappa shape index (κ2) is 9.47. The number of hydrogen-bond acceptors (Lipinski definition) is 2. The van der Waals surface area contributed by atoms with Crippen LogP contribution in [0, 0.1) is 5.92 Å². The second-order valence-electron chi connectivity index (χ2n) is 4.50. The Morgan fingerprint density at radius 2 is 1.71 bits per heavy atom. The first-order valence-corrected chi connectivity index (χ1v) is 5.98. The Morgan fingerprint density at radius 3 is 2.29 bits per heavy atom. The first-order valence-electron chi connectivity index (χ1n) is 5.98. The molecule has 0 amide bonds. The topological polar surface area (TPSA) is 35.2 Å². The van der Waals surface area contributed by atoms with Gasteiger partial charge >= 0.3 is 0 Å². The molecule has 0 bridgehead atoms. The summed E-state index contributed by atoms with van der Waals surface area (Å²) in [5.41, 5.74) is 5.43. The molecule has 1 unspecified atom stereocenters. The van der Waals surface area contributed by atoms with Crippen LogP contribution in [-0.2, 0) is 4.74 Å². The molecule has 0 aliphatic rings. The summed E-state index contributed by atoms with van der Waals surface area (Å²) in [4.78, 5) is 0. The number of rotatable bonds is 9. The van der Waals surface area contributed by atoms with Gasteiger partial charge in [-0.2, -0.15) is 0 Å². The Morgan fingerprint density at radius 1 is 1.00 bits per heavy atom. The van der Waals surface area contributed by atoms with Crippen molar-refractivity contribution >= 4 is 0 Å². The van der Waals surface area contributed by atoms with Crippen molar-refractivity contribution in [3.63, 3.8) is 0 Å². The molecular formula is C12H27NO. The lowest BCUT2D eigenvalue weighted by Gasteiger charge is -2.13. The number of ether oxygens (including phenoxy) is 1. The highest BCUT2D eigenvalue weighted by molar-refractivity contribution is 4.53. The monoisotopic (exact) mass is 201 g/mol. The van der Waals surface area contributed by atoms with Crippen molar-refractivity contribution in [1.29, 1.82) is 0 Å². The zero-order valence-corrected chi connectivity index (χ0v) is 10.1. The molecule has 0 saturated heterocycles. The predicted octanol–water partition coefficient (Wildman–Crippen LogP) is 2.96. The molecule has 0 spiro atoms. The van der Waals surface area contributed by atoms with Gasteiger partial charge in [-0.15, -0.1) is 0 Å². The number of nitrogens with two attached hydrogens (primary N) is 1. The van der Waals surface area contributed by atoms with Gasteiger partial charge < -0.3 is 10.5 Å². The average molecular weight is 201 g/mol. The summed E-state index contributed by atoms with van der Waals surface area (Å²) in [5, 5.41) is 0. The van der Waals surface area contributed by atoms with E-state index in [0.29, 0.717) is 6.10 Å². The van der Waals surface area contributed by atoms with Crippen molar-refractivity contribution in [2.45, 2.75) is 59.0 Å². The van der Waals surface area contributed by atoms with Gasteiger partial charge in [0.2, 0.25) is 0 Å². The zero-order chi connectivity index (χ0) is 10.8. The smallest absolute Gasteiger partial charge is 0.0547 e. The molecule has 0 aromatic rings. The Labute approximate surface area is 89.2 Å². The largest absolute Gasteiger partial charge is 0.379 e. The van der Waals surface area contributed by atoms with Crippen molar-refractivity contribution in [2.75, 3.05) is 13.2 Å². The Hall–Kier alpha value is -0.0800.